The molecule has 0 saturated carbocycles. The molecule has 4 heteroatoms. The zero-order valence-electron chi connectivity index (χ0n) is 13.7. The van der Waals surface area contributed by atoms with E-state index in [1.165, 1.54) is 38.2 Å². The number of carboxylic acid groups (broad SMARTS) is 1. The van der Waals surface area contributed by atoms with Gasteiger partial charge >= 0.3 is 5.97 Å². The van der Waals surface area contributed by atoms with Gasteiger partial charge in [0, 0.05) is 0 Å². The fourth-order valence-electron chi connectivity index (χ4n) is 2.59. The van der Waals surface area contributed by atoms with Crippen LogP contribution in [-0.2, 0) is 4.89 Å². The van der Waals surface area contributed by atoms with Crippen LogP contribution in [0.25, 0.3) is 0 Å². The highest BCUT2D eigenvalue weighted by Crippen LogP contribution is 2.21. The maximum atomic E-state index is 11.0. The summed E-state index contributed by atoms with van der Waals surface area (Å²) in [5.41, 5.74) is 0.120. The maximum absolute atomic E-state index is 11.0. The van der Waals surface area contributed by atoms with Crippen LogP contribution in [0.5, 0.6) is 5.75 Å². The van der Waals surface area contributed by atoms with Crippen molar-refractivity contribution in [3.8, 4) is 5.75 Å². The van der Waals surface area contributed by atoms with E-state index >= 15 is 0 Å². The monoisotopic (exact) mass is 308 g/mol. The van der Waals surface area contributed by atoms with Gasteiger partial charge in [0.15, 0.2) is 5.75 Å². The summed E-state index contributed by atoms with van der Waals surface area (Å²) in [5.74, 6) is 0.00715. The average molecular weight is 308 g/mol. The molecule has 0 radical (unpaired) electrons. The van der Waals surface area contributed by atoms with E-state index in [4.69, 9.17) is 14.9 Å². The standard InChI is InChI=1S/C18H28O4/c1-3-5-10-15(9-4-2)11-8-14-21-22-17-13-7-6-12-16(17)18(19)20/h6-7,12-13,15H,3-5,8-11,14H2,1-2H3,(H,19,20). The van der Waals surface area contributed by atoms with Crippen molar-refractivity contribution in [1.82, 2.24) is 0 Å². The zero-order chi connectivity index (χ0) is 16.2. The van der Waals surface area contributed by atoms with Crippen LogP contribution in [0.15, 0.2) is 24.3 Å². The number of rotatable bonds is 12. The topological polar surface area (TPSA) is 55.8 Å². The van der Waals surface area contributed by atoms with Crippen molar-refractivity contribution in [2.24, 2.45) is 5.92 Å². The van der Waals surface area contributed by atoms with Crippen LogP contribution in [0.2, 0.25) is 0 Å². The van der Waals surface area contributed by atoms with Crippen molar-refractivity contribution in [1.29, 1.82) is 0 Å². The van der Waals surface area contributed by atoms with Crippen molar-refractivity contribution >= 4 is 5.97 Å². The highest BCUT2D eigenvalue weighted by molar-refractivity contribution is 5.90. The van der Waals surface area contributed by atoms with E-state index in [2.05, 4.69) is 13.8 Å². The number of carboxylic acids is 1. The molecule has 0 spiro atoms. The molecule has 1 atom stereocenters. The van der Waals surface area contributed by atoms with E-state index < -0.39 is 5.97 Å². The third kappa shape index (κ3) is 6.94. The molecule has 0 aliphatic rings. The second kappa shape index (κ2) is 11.1. The van der Waals surface area contributed by atoms with Gasteiger partial charge in [-0.1, -0.05) is 58.1 Å². The van der Waals surface area contributed by atoms with Crippen molar-refractivity contribution in [2.75, 3.05) is 6.61 Å². The number of aromatic carboxylic acids is 1. The van der Waals surface area contributed by atoms with Gasteiger partial charge in [-0.2, -0.15) is 4.89 Å². The molecule has 0 fully saturated rings. The molecule has 1 N–H and O–H groups in total. The Kier molecular flexibility index (Phi) is 9.31. The normalized spacial score (nSPS) is 12.1. The van der Waals surface area contributed by atoms with Crippen LogP contribution in [0.4, 0.5) is 0 Å². The molecule has 22 heavy (non-hydrogen) atoms. The van der Waals surface area contributed by atoms with Crippen LogP contribution in [0, 0.1) is 5.92 Å². The molecule has 124 valence electrons. The highest BCUT2D eigenvalue weighted by Gasteiger charge is 2.11. The smallest absolute Gasteiger partial charge is 0.339 e. The first kappa shape index (κ1) is 18.5. The predicted octanol–water partition coefficient (Wildman–Crippen LogP) is 5.08. The van der Waals surface area contributed by atoms with Crippen molar-refractivity contribution < 1.29 is 19.7 Å². The zero-order valence-corrected chi connectivity index (χ0v) is 13.7. The van der Waals surface area contributed by atoms with Gasteiger partial charge in [0.2, 0.25) is 0 Å². The van der Waals surface area contributed by atoms with Crippen LogP contribution >= 0.6 is 0 Å². The minimum atomic E-state index is -1.01. The first-order chi connectivity index (χ1) is 10.7. The Labute approximate surface area is 133 Å². The highest BCUT2D eigenvalue weighted by atomic mass is 17.2. The number of hydrogen-bond donors (Lipinski definition) is 1. The van der Waals surface area contributed by atoms with Gasteiger partial charge in [-0.3, -0.25) is 0 Å². The molecule has 0 aromatic heterocycles. The predicted molar refractivity (Wildman–Crippen MR) is 87.1 cm³/mol. The van der Waals surface area contributed by atoms with E-state index in [1.807, 2.05) is 0 Å². The quantitative estimate of drug-likeness (QED) is 0.332. The summed E-state index contributed by atoms with van der Waals surface area (Å²) < 4.78 is 0. The molecule has 0 amide bonds. The fraction of sp³-hybridized carbons (Fsp3) is 0.611. The summed E-state index contributed by atoms with van der Waals surface area (Å²) in [4.78, 5) is 21.4. The molecule has 0 heterocycles. The first-order valence-corrected chi connectivity index (χ1v) is 8.30. The van der Waals surface area contributed by atoms with Crippen molar-refractivity contribution in [3.63, 3.8) is 0 Å². The second-order valence-corrected chi connectivity index (χ2v) is 5.65. The average Bonchev–Trinajstić information content (AvgIpc) is 2.52. The Morgan fingerprint density at radius 2 is 1.82 bits per heavy atom. The Balaban J connectivity index is 2.28. The number of benzene rings is 1. The van der Waals surface area contributed by atoms with Gasteiger partial charge in [-0.25, -0.2) is 4.79 Å². The Bertz CT molecular complexity index is 431. The van der Waals surface area contributed by atoms with Crippen LogP contribution in [0.1, 0.15) is 69.2 Å². The SMILES string of the molecule is CCCCC(CCC)CCCOOc1ccccc1C(=O)O. The summed E-state index contributed by atoms with van der Waals surface area (Å²) >= 11 is 0. The molecule has 0 aliphatic heterocycles. The van der Waals surface area contributed by atoms with E-state index in [1.54, 1.807) is 18.2 Å². The van der Waals surface area contributed by atoms with E-state index in [9.17, 15) is 4.79 Å². The van der Waals surface area contributed by atoms with Gasteiger partial charge in [-0.05, 0) is 30.9 Å². The number of unbranched alkanes of at least 4 members (excludes halogenated alkanes) is 1. The van der Waals surface area contributed by atoms with E-state index in [0.29, 0.717) is 6.61 Å². The summed E-state index contributed by atoms with van der Waals surface area (Å²) in [6.45, 7) is 4.93. The van der Waals surface area contributed by atoms with Gasteiger partial charge in [0.05, 0.1) is 6.61 Å². The van der Waals surface area contributed by atoms with Crippen LogP contribution in [0.3, 0.4) is 0 Å². The Morgan fingerprint density at radius 1 is 1.09 bits per heavy atom. The van der Waals surface area contributed by atoms with Crippen molar-refractivity contribution in [2.45, 2.75) is 58.8 Å². The minimum absolute atomic E-state index is 0.120. The largest absolute Gasteiger partial charge is 0.478 e. The lowest BCUT2D eigenvalue weighted by Crippen LogP contribution is -2.07. The minimum Gasteiger partial charge on any atom is -0.478 e. The summed E-state index contributed by atoms with van der Waals surface area (Å²) in [6, 6.07) is 6.50. The molecule has 1 aromatic carbocycles. The van der Waals surface area contributed by atoms with Gasteiger partial charge in [-0.15, -0.1) is 0 Å². The number of carbonyl (C=O) groups is 1. The summed E-state index contributed by atoms with van der Waals surface area (Å²) in [7, 11) is 0. The van der Waals surface area contributed by atoms with Crippen LogP contribution in [-0.4, -0.2) is 17.7 Å². The van der Waals surface area contributed by atoms with Crippen LogP contribution < -0.4 is 4.89 Å². The molecular weight excluding hydrogens is 280 g/mol. The Hall–Kier alpha value is -1.55. The lowest BCUT2D eigenvalue weighted by atomic mass is 9.93. The molecule has 0 saturated heterocycles. The number of hydrogen-bond acceptors (Lipinski definition) is 3. The lowest BCUT2D eigenvalue weighted by Gasteiger charge is -2.15. The first-order valence-electron chi connectivity index (χ1n) is 8.30. The summed E-state index contributed by atoms with van der Waals surface area (Å²) in [5, 5.41) is 9.05. The molecule has 0 aliphatic carbocycles. The second-order valence-electron chi connectivity index (χ2n) is 5.65. The number of para-hydroxylation sites is 1. The van der Waals surface area contributed by atoms with Gasteiger partial charge < -0.3 is 9.99 Å². The Morgan fingerprint density at radius 3 is 2.50 bits per heavy atom. The molecule has 4 nitrogen and oxygen atoms in total. The molecule has 1 unspecified atom stereocenters. The van der Waals surface area contributed by atoms with E-state index in [-0.39, 0.29) is 11.3 Å². The molecule has 1 aromatic rings. The fourth-order valence-corrected chi connectivity index (χ4v) is 2.59. The molecule has 0 bridgehead atoms. The van der Waals surface area contributed by atoms with E-state index in [0.717, 1.165) is 18.8 Å². The maximum Gasteiger partial charge on any atom is 0.339 e. The summed E-state index contributed by atoms with van der Waals surface area (Å²) in [6.07, 6.45) is 8.37. The third-order valence-corrected chi connectivity index (χ3v) is 3.77. The van der Waals surface area contributed by atoms with Gasteiger partial charge in [0.25, 0.3) is 0 Å². The third-order valence-electron chi connectivity index (χ3n) is 3.77. The lowest BCUT2D eigenvalue weighted by molar-refractivity contribution is -0.208. The van der Waals surface area contributed by atoms with Crippen molar-refractivity contribution in [3.05, 3.63) is 29.8 Å². The molecule has 1 rings (SSSR count). The molecular formula is C18H28O4. The van der Waals surface area contributed by atoms with Gasteiger partial charge in [0.1, 0.15) is 5.56 Å².